The van der Waals surface area contributed by atoms with Gasteiger partial charge in [-0.05, 0) is 122 Å². The summed E-state index contributed by atoms with van der Waals surface area (Å²) in [4.78, 5) is 48.5. The Morgan fingerprint density at radius 2 is 0.662 bits per heavy atom. The number of allylic oxidation sites excluding steroid dienone is 20. The fourth-order valence-corrected chi connectivity index (χ4v) is 7.92. The lowest BCUT2D eigenvalue weighted by atomic mass is 10.1. The first-order valence-corrected chi connectivity index (χ1v) is 29.9. The SMILES string of the molecule is CC/C=C\C/C=C\C/C=C\C/C=C\CCCCCCCCC(=O)OC(COC(=O)CCCCC/C=C\C/C=C\C/C=C\CC)COP(=O)(O)OCC(CO)OC(=O)CCCCCCC/C=C\C/C=C\C/C=C\CC. The molecule has 0 aliphatic rings. The molecule has 3 atom stereocenters. The molecule has 3 unspecified atom stereocenters. The molecule has 0 aliphatic carbocycles. The lowest BCUT2D eigenvalue weighted by Crippen LogP contribution is -2.30. The fraction of sp³-hybridized carbons (Fsp3) is 0.629. The van der Waals surface area contributed by atoms with Crippen molar-refractivity contribution in [3.63, 3.8) is 0 Å². The Labute approximate surface area is 449 Å². The first-order chi connectivity index (χ1) is 36.2. The quantitative estimate of drug-likeness (QED) is 0.0197. The van der Waals surface area contributed by atoms with E-state index in [4.69, 9.17) is 23.3 Å². The van der Waals surface area contributed by atoms with Crippen LogP contribution in [0.3, 0.4) is 0 Å². The number of carbonyl (C=O) groups is 3. The maximum absolute atomic E-state index is 12.9. The van der Waals surface area contributed by atoms with Crippen LogP contribution in [0.1, 0.15) is 213 Å². The van der Waals surface area contributed by atoms with Gasteiger partial charge in [0.25, 0.3) is 0 Å². The molecular weight excluding hydrogens is 952 g/mol. The summed E-state index contributed by atoms with van der Waals surface area (Å²) in [7, 11) is -4.77. The van der Waals surface area contributed by atoms with Gasteiger partial charge in [-0.15, -0.1) is 0 Å². The molecule has 0 radical (unpaired) electrons. The number of hydrogen-bond acceptors (Lipinski definition) is 10. The van der Waals surface area contributed by atoms with Crippen LogP contribution >= 0.6 is 7.82 Å². The molecule has 420 valence electrons. The number of phosphoric acid groups is 1. The van der Waals surface area contributed by atoms with Crippen LogP contribution in [-0.4, -0.2) is 66.5 Å². The summed E-state index contributed by atoms with van der Waals surface area (Å²) < 4.78 is 39.5. The highest BCUT2D eigenvalue weighted by Crippen LogP contribution is 2.43. The van der Waals surface area contributed by atoms with E-state index in [-0.39, 0.29) is 25.9 Å². The van der Waals surface area contributed by atoms with Crippen LogP contribution in [0.5, 0.6) is 0 Å². The van der Waals surface area contributed by atoms with E-state index in [9.17, 15) is 28.9 Å². The maximum Gasteiger partial charge on any atom is 0.472 e. The molecule has 2 N–H and O–H groups in total. The van der Waals surface area contributed by atoms with Crippen molar-refractivity contribution in [2.45, 2.75) is 226 Å². The third-order valence-corrected chi connectivity index (χ3v) is 12.3. The Morgan fingerprint density at radius 3 is 1.03 bits per heavy atom. The predicted octanol–water partition coefficient (Wildman–Crippen LogP) is 16.8. The summed E-state index contributed by atoms with van der Waals surface area (Å²) in [6, 6.07) is 0. The third-order valence-electron chi connectivity index (χ3n) is 11.4. The van der Waals surface area contributed by atoms with Gasteiger partial charge in [-0.3, -0.25) is 23.4 Å². The average Bonchev–Trinajstić information content (AvgIpc) is 3.39. The largest absolute Gasteiger partial charge is 0.472 e. The average molecular weight is 1050 g/mol. The summed E-state index contributed by atoms with van der Waals surface area (Å²) in [6.07, 6.45) is 67.3. The summed E-state index contributed by atoms with van der Waals surface area (Å²) in [6.45, 7) is 4.22. The topological polar surface area (TPSA) is 155 Å². The lowest BCUT2D eigenvalue weighted by Gasteiger charge is -2.21. The monoisotopic (exact) mass is 1050 g/mol. The van der Waals surface area contributed by atoms with Gasteiger partial charge in [0.2, 0.25) is 0 Å². The van der Waals surface area contributed by atoms with Crippen molar-refractivity contribution in [1.82, 2.24) is 0 Å². The van der Waals surface area contributed by atoms with Crippen molar-refractivity contribution < 1.29 is 52.2 Å². The van der Waals surface area contributed by atoms with E-state index in [1.807, 2.05) is 0 Å². The standard InChI is InChI=1S/C62H101O11P/c1-4-7-10-13-16-19-22-25-27-28-29-30-32-35-38-41-44-47-50-53-62(66)73-59(55-69-60(64)51-48-45-42-39-36-33-24-21-18-15-12-9-6-3)57-71-74(67,68)70-56-58(54-63)72-61(65)52-49-46-43-40-37-34-31-26-23-20-17-14-11-8-5-2/h7-12,16-21,25-27,29-31,33,36,58-59,63H,4-6,13-15,22-24,28,32,34-35,37-57H2,1-3H3,(H,67,68)/b10-7-,11-8-,12-9-,19-16-,20-17-,21-18-,27-25-,30-29-,31-26-,36-33-. The van der Waals surface area contributed by atoms with E-state index in [1.165, 1.54) is 0 Å². The van der Waals surface area contributed by atoms with Crippen molar-refractivity contribution in [3.05, 3.63) is 122 Å². The second-order valence-electron chi connectivity index (χ2n) is 18.3. The van der Waals surface area contributed by atoms with Gasteiger partial charge in [0.1, 0.15) is 12.7 Å². The highest BCUT2D eigenvalue weighted by Gasteiger charge is 2.28. The molecule has 0 aliphatic heterocycles. The summed E-state index contributed by atoms with van der Waals surface area (Å²) in [5.74, 6) is -1.55. The van der Waals surface area contributed by atoms with Crippen LogP contribution in [0.2, 0.25) is 0 Å². The minimum Gasteiger partial charge on any atom is -0.462 e. The Morgan fingerprint density at radius 1 is 0.378 bits per heavy atom. The van der Waals surface area contributed by atoms with Gasteiger partial charge in [0.15, 0.2) is 6.10 Å². The van der Waals surface area contributed by atoms with Crippen LogP contribution in [0.25, 0.3) is 0 Å². The second kappa shape index (κ2) is 55.1. The molecule has 74 heavy (non-hydrogen) atoms. The molecule has 0 spiro atoms. The van der Waals surface area contributed by atoms with Crippen molar-refractivity contribution in [2.75, 3.05) is 26.4 Å². The van der Waals surface area contributed by atoms with E-state index in [1.54, 1.807) is 0 Å². The zero-order chi connectivity index (χ0) is 54.1. The highest BCUT2D eigenvalue weighted by molar-refractivity contribution is 7.47. The molecular formula is C62H101O11P. The van der Waals surface area contributed by atoms with Gasteiger partial charge in [0, 0.05) is 19.3 Å². The predicted molar refractivity (Wildman–Crippen MR) is 306 cm³/mol. The fourth-order valence-electron chi connectivity index (χ4n) is 7.14. The minimum atomic E-state index is -4.77. The first-order valence-electron chi connectivity index (χ1n) is 28.4. The van der Waals surface area contributed by atoms with E-state index in [0.717, 1.165) is 154 Å². The molecule has 0 saturated heterocycles. The molecule has 12 heteroatoms. The highest BCUT2D eigenvalue weighted by atomic mass is 31.2. The normalized spacial score (nSPS) is 14.3. The Balaban J connectivity index is 4.80. The number of unbranched alkanes of at least 4 members (excludes halogenated alkanes) is 14. The summed E-state index contributed by atoms with van der Waals surface area (Å²) >= 11 is 0. The Kier molecular flexibility index (Phi) is 52.1. The number of phosphoric ester groups is 1. The van der Waals surface area contributed by atoms with Gasteiger partial charge in [-0.2, -0.15) is 0 Å². The Hall–Kier alpha value is -4.12. The van der Waals surface area contributed by atoms with Crippen LogP contribution in [0.15, 0.2) is 122 Å². The molecule has 0 bridgehead atoms. The van der Waals surface area contributed by atoms with Crippen LogP contribution < -0.4 is 0 Å². The smallest absolute Gasteiger partial charge is 0.462 e. The molecule has 11 nitrogen and oxygen atoms in total. The number of aliphatic hydroxyl groups is 1. The lowest BCUT2D eigenvalue weighted by molar-refractivity contribution is -0.161. The van der Waals surface area contributed by atoms with E-state index in [2.05, 4.69) is 142 Å². The van der Waals surface area contributed by atoms with Gasteiger partial charge in [-0.1, -0.05) is 194 Å². The molecule has 0 aromatic heterocycles. The molecule has 0 rings (SSSR count). The second-order valence-corrected chi connectivity index (χ2v) is 19.8. The molecule has 0 fully saturated rings. The molecule has 0 saturated carbocycles. The van der Waals surface area contributed by atoms with Gasteiger partial charge in [-0.25, -0.2) is 4.57 Å². The zero-order valence-corrected chi connectivity index (χ0v) is 47.2. The van der Waals surface area contributed by atoms with Crippen LogP contribution in [0.4, 0.5) is 0 Å². The molecule has 0 aromatic carbocycles. The summed E-state index contributed by atoms with van der Waals surface area (Å²) in [5, 5.41) is 9.81. The first kappa shape index (κ1) is 69.9. The van der Waals surface area contributed by atoms with Crippen LogP contribution in [-0.2, 0) is 42.2 Å². The van der Waals surface area contributed by atoms with Crippen molar-refractivity contribution in [2.24, 2.45) is 0 Å². The number of hydrogen-bond donors (Lipinski definition) is 2. The number of rotatable bonds is 51. The third kappa shape index (κ3) is 52.7. The minimum absolute atomic E-state index is 0.137. The summed E-state index contributed by atoms with van der Waals surface area (Å²) in [5.41, 5.74) is 0. The van der Waals surface area contributed by atoms with Crippen molar-refractivity contribution in [1.29, 1.82) is 0 Å². The molecule has 0 aromatic rings. The van der Waals surface area contributed by atoms with Crippen molar-refractivity contribution in [3.8, 4) is 0 Å². The number of esters is 3. The van der Waals surface area contributed by atoms with Crippen molar-refractivity contribution >= 4 is 25.7 Å². The Bertz CT molecular complexity index is 1700. The molecule has 0 heterocycles. The van der Waals surface area contributed by atoms with Gasteiger partial charge in [0.05, 0.1) is 19.8 Å². The number of ether oxygens (including phenoxy) is 3. The zero-order valence-electron chi connectivity index (χ0n) is 46.3. The number of carbonyl (C=O) groups excluding carboxylic acids is 3. The maximum atomic E-state index is 12.9. The van der Waals surface area contributed by atoms with E-state index >= 15 is 0 Å². The van der Waals surface area contributed by atoms with E-state index < -0.39 is 57.8 Å². The van der Waals surface area contributed by atoms with Gasteiger partial charge < -0.3 is 24.2 Å². The van der Waals surface area contributed by atoms with Gasteiger partial charge >= 0.3 is 25.7 Å². The van der Waals surface area contributed by atoms with E-state index in [0.29, 0.717) is 19.3 Å². The number of aliphatic hydroxyl groups excluding tert-OH is 1. The molecule has 0 amide bonds. The van der Waals surface area contributed by atoms with Crippen LogP contribution in [0, 0.1) is 0 Å².